The predicted molar refractivity (Wildman–Crippen MR) is 149 cm³/mol. The third-order valence-corrected chi connectivity index (χ3v) is 9.33. The molecule has 2 aromatic carbocycles. The average Bonchev–Trinajstić information content (AvgIpc) is 3.53. The van der Waals surface area contributed by atoms with Gasteiger partial charge in [-0.25, -0.2) is 4.68 Å². The van der Waals surface area contributed by atoms with Crippen molar-refractivity contribution in [2.75, 3.05) is 5.32 Å². The summed E-state index contributed by atoms with van der Waals surface area (Å²) in [4.78, 5) is 13.9. The van der Waals surface area contributed by atoms with Gasteiger partial charge >= 0.3 is 6.18 Å². The lowest BCUT2D eigenvalue weighted by Crippen LogP contribution is -2.49. The minimum absolute atomic E-state index is 0.0831. The number of rotatable bonds is 6. The van der Waals surface area contributed by atoms with Crippen molar-refractivity contribution in [3.05, 3.63) is 94.9 Å². The van der Waals surface area contributed by atoms with Gasteiger partial charge in [0.2, 0.25) is 0 Å². The molecule has 1 amide bonds. The SMILES string of the molecule is Cc1cc(NC(=O)c2cn(-c3ccccc3)nc2C23CC4CC(CC(C4)C2)C3)nn1Cc1cccc(C(F)(F)F)c1. The Morgan fingerprint density at radius 1 is 0.951 bits per heavy atom. The first-order valence-electron chi connectivity index (χ1n) is 14.3. The molecule has 4 bridgehead atoms. The predicted octanol–water partition coefficient (Wildman–Crippen LogP) is 7.16. The number of amides is 1. The summed E-state index contributed by atoms with van der Waals surface area (Å²) in [6.07, 6.45) is 4.55. The quantitative estimate of drug-likeness (QED) is 0.273. The monoisotopic (exact) mass is 559 g/mol. The van der Waals surface area contributed by atoms with Crippen molar-refractivity contribution < 1.29 is 18.0 Å². The second-order valence-electron chi connectivity index (χ2n) is 12.4. The molecule has 4 fully saturated rings. The second kappa shape index (κ2) is 9.60. The van der Waals surface area contributed by atoms with Gasteiger partial charge in [-0.15, -0.1) is 0 Å². The van der Waals surface area contributed by atoms with E-state index in [1.165, 1.54) is 25.3 Å². The molecule has 8 rings (SSSR count). The van der Waals surface area contributed by atoms with Crippen LogP contribution in [0.3, 0.4) is 0 Å². The number of para-hydroxylation sites is 1. The van der Waals surface area contributed by atoms with Gasteiger partial charge in [-0.05, 0) is 93.0 Å². The number of nitrogens with one attached hydrogen (secondary N) is 1. The molecule has 2 aromatic heterocycles. The molecule has 0 radical (unpaired) electrons. The molecular formula is C32H32F3N5O. The lowest BCUT2D eigenvalue weighted by Gasteiger charge is -2.56. The number of benzene rings is 2. The van der Waals surface area contributed by atoms with E-state index in [-0.39, 0.29) is 17.9 Å². The maximum Gasteiger partial charge on any atom is 0.416 e. The van der Waals surface area contributed by atoms with Crippen molar-refractivity contribution in [2.45, 2.75) is 63.6 Å². The van der Waals surface area contributed by atoms with Crippen LogP contribution in [-0.2, 0) is 18.1 Å². The summed E-state index contributed by atoms with van der Waals surface area (Å²) in [6, 6.07) is 16.8. The number of halogens is 3. The molecule has 4 saturated carbocycles. The van der Waals surface area contributed by atoms with Gasteiger partial charge in [-0.2, -0.15) is 23.4 Å². The molecule has 0 spiro atoms. The minimum atomic E-state index is -4.41. The van der Waals surface area contributed by atoms with Crippen LogP contribution < -0.4 is 5.32 Å². The Labute approximate surface area is 236 Å². The molecule has 9 heteroatoms. The topological polar surface area (TPSA) is 64.7 Å². The largest absolute Gasteiger partial charge is 0.416 e. The molecule has 1 N–H and O–H groups in total. The molecule has 41 heavy (non-hydrogen) atoms. The third-order valence-electron chi connectivity index (χ3n) is 9.33. The molecule has 0 unspecified atom stereocenters. The summed E-state index contributed by atoms with van der Waals surface area (Å²) in [7, 11) is 0. The second-order valence-corrected chi connectivity index (χ2v) is 12.4. The van der Waals surface area contributed by atoms with Crippen molar-refractivity contribution >= 4 is 11.7 Å². The normalized spacial score (nSPS) is 25.0. The number of alkyl halides is 3. The lowest BCUT2D eigenvalue weighted by molar-refractivity contribution is -0.137. The minimum Gasteiger partial charge on any atom is -0.305 e. The smallest absolute Gasteiger partial charge is 0.305 e. The molecule has 0 atom stereocenters. The Kier molecular flexibility index (Phi) is 6.10. The van der Waals surface area contributed by atoms with E-state index in [0.29, 0.717) is 34.7 Å². The zero-order chi connectivity index (χ0) is 28.4. The summed E-state index contributed by atoms with van der Waals surface area (Å²) >= 11 is 0. The van der Waals surface area contributed by atoms with Gasteiger partial charge < -0.3 is 5.32 Å². The van der Waals surface area contributed by atoms with Crippen molar-refractivity contribution in [1.82, 2.24) is 19.6 Å². The molecule has 0 saturated heterocycles. The van der Waals surface area contributed by atoms with Gasteiger partial charge in [0.1, 0.15) is 0 Å². The zero-order valence-corrected chi connectivity index (χ0v) is 22.9. The van der Waals surface area contributed by atoms with Gasteiger partial charge in [0, 0.05) is 23.4 Å². The summed E-state index contributed by atoms with van der Waals surface area (Å²) < 4.78 is 43.0. The third kappa shape index (κ3) is 4.85. The van der Waals surface area contributed by atoms with E-state index in [9.17, 15) is 18.0 Å². The van der Waals surface area contributed by atoms with Crippen molar-refractivity contribution in [2.24, 2.45) is 17.8 Å². The van der Waals surface area contributed by atoms with E-state index in [0.717, 1.165) is 48.5 Å². The summed E-state index contributed by atoms with van der Waals surface area (Å²) in [5.74, 6) is 2.21. The first kappa shape index (κ1) is 26.0. The number of nitrogens with zero attached hydrogens (tertiary/aromatic N) is 4. The van der Waals surface area contributed by atoms with Gasteiger partial charge in [-0.3, -0.25) is 9.48 Å². The van der Waals surface area contributed by atoms with Crippen molar-refractivity contribution in [3.8, 4) is 5.69 Å². The summed E-state index contributed by atoms with van der Waals surface area (Å²) in [5, 5.41) is 12.6. The maximum absolute atomic E-state index is 13.9. The van der Waals surface area contributed by atoms with Crippen molar-refractivity contribution in [1.29, 1.82) is 0 Å². The molecule has 0 aliphatic heterocycles. The van der Waals surface area contributed by atoms with Gasteiger partial charge in [0.05, 0.1) is 29.1 Å². The fraction of sp³-hybridized carbons (Fsp3) is 0.406. The summed E-state index contributed by atoms with van der Waals surface area (Å²) in [5.41, 5.74) is 2.80. The van der Waals surface area contributed by atoms with Crippen LogP contribution >= 0.6 is 0 Å². The first-order valence-corrected chi connectivity index (χ1v) is 14.3. The lowest BCUT2D eigenvalue weighted by atomic mass is 9.48. The fourth-order valence-electron chi connectivity index (χ4n) is 7.98. The number of carbonyl (C=O) groups is 1. The van der Waals surface area contributed by atoms with E-state index < -0.39 is 11.7 Å². The molecule has 4 aromatic rings. The molecular weight excluding hydrogens is 527 g/mol. The zero-order valence-electron chi connectivity index (χ0n) is 22.9. The first-order chi connectivity index (χ1) is 19.6. The van der Waals surface area contributed by atoms with E-state index in [4.69, 9.17) is 5.10 Å². The Morgan fingerprint density at radius 3 is 2.29 bits per heavy atom. The molecule has 6 nitrogen and oxygen atoms in total. The van der Waals surface area contributed by atoms with E-state index in [2.05, 4.69) is 10.4 Å². The maximum atomic E-state index is 13.9. The highest BCUT2D eigenvalue weighted by molar-refractivity contribution is 6.04. The van der Waals surface area contributed by atoms with Crippen LogP contribution in [0, 0.1) is 24.7 Å². The van der Waals surface area contributed by atoms with Crippen LogP contribution in [0.25, 0.3) is 5.69 Å². The number of aryl methyl sites for hydroxylation is 1. The number of hydrogen-bond donors (Lipinski definition) is 1. The van der Waals surface area contributed by atoms with E-state index in [1.807, 2.05) is 48.1 Å². The fourth-order valence-corrected chi connectivity index (χ4v) is 7.98. The van der Waals surface area contributed by atoms with Crippen LogP contribution in [-0.4, -0.2) is 25.5 Å². The Morgan fingerprint density at radius 2 is 1.63 bits per heavy atom. The average molecular weight is 560 g/mol. The molecule has 212 valence electrons. The molecule has 4 aliphatic carbocycles. The van der Waals surface area contributed by atoms with E-state index >= 15 is 0 Å². The molecule has 2 heterocycles. The van der Waals surface area contributed by atoms with Crippen LogP contribution in [0.2, 0.25) is 0 Å². The standard InChI is InChI=1S/C32H32F3N5O/c1-20-10-28(37-39(20)18-21-6-5-7-25(14-21)32(33,34)35)36-30(41)27-19-40(26-8-3-2-4-9-26)38-29(27)31-15-22-11-23(16-31)13-24(12-22)17-31/h2-10,14,19,22-24H,11-13,15-18H2,1H3,(H,36,37,41). The van der Waals surface area contributed by atoms with Gasteiger partial charge in [0.15, 0.2) is 5.82 Å². The Hall–Kier alpha value is -3.88. The van der Waals surface area contributed by atoms with Crippen LogP contribution in [0.1, 0.15) is 71.4 Å². The highest BCUT2D eigenvalue weighted by Crippen LogP contribution is 2.61. The van der Waals surface area contributed by atoms with Crippen molar-refractivity contribution in [3.63, 3.8) is 0 Å². The molecule has 4 aliphatic rings. The number of anilines is 1. The van der Waals surface area contributed by atoms with Crippen LogP contribution in [0.4, 0.5) is 19.0 Å². The number of hydrogen-bond acceptors (Lipinski definition) is 3. The number of aromatic nitrogens is 4. The number of carbonyl (C=O) groups excluding carboxylic acids is 1. The highest BCUT2D eigenvalue weighted by atomic mass is 19.4. The van der Waals surface area contributed by atoms with E-state index in [1.54, 1.807) is 16.8 Å². The van der Waals surface area contributed by atoms with Gasteiger partial charge in [-0.1, -0.05) is 30.3 Å². The van der Waals surface area contributed by atoms with Gasteiger partial charge in [0.25, 0.3) is 5.91 Å². The highest BCUT2D eigenvalue weighted by Gasteiger charge is 2.54. The Bertz CT molecular complexity index is 1570. The Balaban J connectivity index is 1.18. The van der Waals surface area contributed by atoms with Crippen LogP contribution in [0.5, 0.6) is 0 Å². The van der Waals surface area contributed by atoms with Crippen LogP contribution in [0.15, 0.2) is 66.9 Å². The summed E-state index contributed by atoms with van der Waals surface area (Å²) in [6.45, 7) is 1.99.